The predicted molar refractivity (Wildman–Crippen MR) is 162 cm³/mol. The molecule has 2 saturated carbocycles. The number of benzene rings is 1. The van der Waals surface area contributed by atoms with Crippen molar-refractivity contribution >= 4 is 0 Å². The summed E-state index contributed by atoms with van der Waals surface area (Å²) >= 11 is 0. The van der Waals surface area contributed by atoms with Crippen LogP contribution in [0.1, 0.15) is 108 Å². The average Bonchev–Trinajstić information content (AvgIpc) is 3.33. The summed E-state index contributed by atoms with van der Waals surface area (Å²) in [5.41, 5.74) is -3.89. The minimum absolute atomic E-state index is 0.244. The van der Waals surface area contributed by atoms with E-state index in [0.29, 0.717) is 37.4 Å². The maximum atomic E-state index is 13.1. The topological polar surface area (TPSA) is 36.9 Å². The van der Waals surface area contributed by atoms with Crippen LogP contribution in [0.25, 0.3) is 0 Å². The molecular formula is C35H49F9O4. The van der Waals surface area contributed by atoms with Gasteiger partial charge in [-0.05, 0) is 97.8 Å². The van der Waals surface area contributed by atoms with Gasteiger partial charge in [0.2, 0.25) is 0 Å². The van der Waals surface area contributed by atoms with Crippen molar-refractivity contribution in [2.24, 2.45) is 17.3 Å². The second-order valence-corrected chi connectivity index (χ2v) is 13.9. The molecule has 0 unspecified atom stereocenters. The highest BCUT2D eigenvalue weighted by Crippen LogP contribution is 2.62. The smallest absolute Gasteiger partial charge is 0.435 e. The van der Waals surface area contributed by atoms with Gasteiger partial charge < -0.3 is 18.9 Å². The van der Waals surface area contributed by atoms with Gasteiger partial charge in [0, 0.05) is 13.2 Å². The minimum Gasteiger partial charge on any atom is -0.491 e. The molecule has 48 heavy (non-hydrogen) atoms. The van der Waals surface area contributed by atoms with Gasteiger partial charge in [-0.25, -0.2) is 0 Å². The van der Waals surface area contributed by atoms with E-state index in [-0.39, 0.29) is 18.1 Å². The van der Waals surface area contributed by atoms with Crippen LogP contribution in [0.5, 0.6) is 5.75 Å². The first-order chi connectivity index (χ1) is 22.6. The summed E-state index contributed by atoms with van der Waals surface area (Å²) in [6, 6.07) is 6.30. The molecule has 4 nitrogen and oxygen atoms in total. The van der Waals surface area contributed by atoms with Crippen molar-refractivity contribution < 1.29 is 58.5 Å². The zero-order chi connectivity index (χ0) is 35.2. The van der Waals surface area contributed by atoms with E-state index in [4.69, 9.17) is 14.2 Å². The molecule has 0 heterocycles. The van der Waals surface area contributed by atoms with Crippen LogP contribution in [0.2, 0.25) is 0 Å². The number of hydrogen-bond donors (Lipinski definition) is 0. The third kappa shape index (κ3) is 8.41. The van der Waals surface area contributed by atoms with Gasteiger partial charge in [0.1, 0.15) is 12.4 Å². The molecule has 3 aliphatic carbocycles. The lowest BCUT2D eigenvalue weighted by Crippen LogP contribution is -2.67. The van der Waals surface area contributed by atoms with Gasteiger partial charge in [-0.2, -0.15) is 39.5 Å². The molecule has 5 atom stereocenters. The molecule has 4 rings (SSSR count). The fourth-order valence-corrected chi connectivity index (χ4v) is 8.42. The molecule has 0 N–H and O–H groups in total. The molecule has 1 aromatic rings. The molecule has 2 fully saturated rings. The Balaban J connectivity index is 1.24. The summed E-state index contributed by atoms with van der Waals surface area (Å²) in [6.45, 7) is 4.38. The maximum Gasteiger partial charge on any atom is 0.435 e. The Kier molecular flexibility index (Phi) is 13.1. The summed E-state index contributed by atoms with van der Waals surface area (Å²) in [4.78, 5) is 0. The molecular weight excluding hydrogens is 655 g/mol. The number of fused-ring (bicyclic) bond motifs is 5. The van der Waals surface area contributed by atoms with E-state index in [2.05, 4.69) is 30.7 Å². The first-order valence-corrected chi connectivity index (χ1v) is 17.4. The summed E-state index contributed by atoms with van der Waals surface area (Å²) in [5.74, 6) is 1.92. The molecule has 0 bridgehead atoms. The number of unbranched alkanes of at least 4 members (excludes halogenated alkanes) is 5. The fourth-order valence-electron chi connectivity index (χ4n) is 8.42. The summed E-state index contributed by atoms with van der Waals surface area (Å²) < 4.78 is 139. The van der Waals surface area contributed by atoms with Crippen molar-refractivity contribution in [3.63, 3.8) is 0 Å². The average molecular weight is 705 g/mol. The molecule has 0 aliphatic heterocycles. The number of rotatable bonds is 17. The highest BCUT2D eigenvalue weighted by Gasteiger charge is 2.85. The van der Waals surface area contributed by atoms with Crippen molar-refractivity contribution in [3.8, 4) is 5.75 Å². The quantitative estimate of drug-likeness (QED) is 0.120. The highest BCUT2D eigenvalue weighted by atomic mass is 19.4. The summed E-state index contributed by atoms with van der Waals surface area (Å²) in [6.07, 6.45) is -8.57. The minimum atomic E-state index is -6.73. The van der Waals surface area contributed by atoms with E-state index in [1.807, 2.05) is 6.07 Å². The van der Waals surface area contributed by atoms with Crippen LogP contribution >= 0.6 is 0 Å². The third-order valence-electron chi connectivity index (χ3n) is 10.9. The Labute approximate surface area is 277 Å². The van der Waals surface area contributed by atoms with Gasteiger partial charge in [0.05, 0.1) is 19.3 Å². The first kappa shape index (κ1) is 39.1. The lowest BCUT2D eigenvalue weighted by Gasteiger charge is -2.50. The van der Waals surface area contributed by atoms with Gasteiger partial charge >= 0.3 is 24.1 Å². The Morgan fingerprint density at radius 3 is 2.10 bits per heavy atom. The van der Waals surface area contributed by atoms with E-state index in [1.54, 1.807) is 0 Å². The monoisotopic (exact) mass is 704 g/mol. The summed E-state index contributed by atoms with van der Waals surface area (Å²) in [7, 11) is 0. The van der Waals surface area contributed by atoms with Crippen LogP contribution in [-0.4, -0.2) is 63.3 Å². The van der Waals surface area contributed by atoms with Gasteiger partial charge in [-0.15, -0.1) is 0 Å². The van der Waals surface area contributed by atoms with Crippen LogP contribution in [-0.2, 0) is 20.6 Å². The maximum absolute atomic E-state index is 13.1. The van der Waals surface area contributed by atoms with Crippen LogP contribution in [0, 0.1) is 17.3 Å². The van der Waals surface area contributed by atoms with Gasteiger partial charge in [-0.1, -0.05) is 52.0 Å². The Hall–Kier alpha value is -1.73. The van der Waals surface area contributed by atoms with Gasteiger partial charge in [-0.3, -0.25) is 0 Å². The molecule has 0 amide bonds. The van der Waals surface area contributed by atoms with Crippen molar-refractivity contribution in [1.82, 2.24) is 0 Å². The Morgan fingerprint density at radius 2 is 1.42 bits per heavy atom. The number of alkyl halides is 9. The standard InChI is InChI=1S/C35H49F9O4/c1-3-4-5-6-7-8-18-45-21-22-46-25-11-13-26-24(23-25)10-12-28-27(26)16-17-31(2)29(28)14-15-30(31)47-19-9-20-48-32(33(36,37)38,34(39,40)41)35(42,43)44/h11,13,23,27-30H,3-10,12,14-22H2,1-2H3/t27-,28-,29+,30+,31+/m1/s1. The lowest BCUT2D eigenvalue weighted by atomic mass is 9.55. The second kappa shape index (κ2) is 16.1. The fraction of sp³-hybridized carbons (Fsp3) is 0.829. The third-order valence-corrected chi connectivity index (χ3v) is 10.9. The molecule has 13 heteroatoms. The van der Waals surface area contributed by atoms with E-state index in [9.17, 15) is 39.5 Å². The highest BCUT2D eigenvalue weighted by molar-refractivity contribution is 5.40. The molecule has 0 spiro atoms. The molecule has 1 aromatic carbocycles. The van der Waals surface area contributed by atoms with Crippen molar-refractivity contribution in [1.29, 1.82) is 0 Å². The van der Waals surface area contributed by atoms with Crippen molar-refractivity contribution in [2.45, 2.75) is 133 Å². The van der Waals surface area contributed by atoms with Gasteiger partial charge in [0.15, 0.2) is 0 Å². The van der Waals surface area contributed by atoms with Crippen LogP contribution in [0.15, 0.2) is 18.2 Å². The van der Waals surface area contributed by atoms with Gasteiger partial charge in [0.25, 0.3) is 0 Å². The predicted octanol–water partition coefficient (Wildman–Crippen LogP) is 10.5. The molecule has 0 saturated heterocycles. The molecule has 276 valence electrons. The van der Waals surface area contributed by atoms with Crippen LogP contribution < -0.4 is 4.74 Å². The van der Waals surface area contributed by atoms with E-state index >= 15 is 0 Å². The lowest BCUT2D eigenvalue weighted by molar-refractivity contribution is -0.457. The SMILES string of the molecule is CCCCCCCCOCCOc1ccc2c(c1)CC[C@@H]1[C@@H]2CC[C@]2(C)[C@@H](OCCCOC(C(F)(F)F)(C(F)(F)F)C(F)(F)F)CC[C@@H]12. The zero-order valence-electron chi connectivity index (χ0n) is 27.8. The Morgan fingerprint density at radius 1 is 0.729 bits per heavy atom. The molecule has 3 aliphatic rings. The number of halogens is 9. The normalized spacial score (nSPS) is 26.2. The second-order valence-electron chi connectivity index (χ2n) is 13.9. The largest absolute Gasteiger partial charge is 0.491 e. The number of hydrogen-bond acceptors (Lipinski definition) is 4. The molecule has 0 radical (unpaired) electrons. The van der Waals surface area contributed by atoms with E-state index in [0.717, 1.165) is 50.9 Å². The molecule has 0 aromatic heterocycles. The number of aryl methyl sites for hydroxylation is 1. The zero-order valence-corrected chi connectivity index (χ0v) is 27.8. The van der Waals surface area contributed by atoms with Crippen LogP contribution in [0.4, 0.5) is 39.5 Å². The van der Waals surface area contributed by atoms with Crippen molar-refractivity contribution in [3.05, 3.63) is 29.3 Å². The Bertz CT molecular complexity index is 1120. The number of ether oxygens (including phenoxy) is 4. The van der Waals surface area contributed by atoms with E-state index in [1.165, 1.54) is 43.2 Å². The van der Waals surface area contributed by atoms with E-state index < -0.39 is 37.2 Å². The van der Waals surface area contributed by atoms with Crippen molar-refractivity contribution in [2.75, 3.05) is 33.0 Å². The van der Waals surface area contributed by atoms with Crippen LogP contribution in [0.3, 0.4) is 0 Å². The summed E-state index contributed by atoms with van der Waals surface area (Å²) in [5, 5.41) is 0. The first-order valence-electron chi connectivity index (χ1n) is 17.4.